The van der Waals surface area contributed by atoms with Crippen LogP contribution in [0.15, 0.2) is 60.8 Å². The number of ether oxygens (including phenoxy) is 2. The van der Waals surface area contributed by atoms with Crippen LogP contribution in [-0.2, 0) is 20.5 Å². The van der Waals surface area contributed by atoms with Crippen molar-refractivity contribution in [1.82, 2.24) is 14.2 Å². The Bertz CT molecular complexity index is 1480. The van der Waals surface area contributed by atoms with Gasteiger partial charge in [0.2, 0.25) is 10.0 Å². The highest BCUT2D eigenvalue weighted by atomic mass is 32.2. The summed E-state index contributed by atoms with van der Waals surface area (Å²) in [5.74, 6) is -0.879. The molecule has 3 atom stereocenters. The van der Waals surface area contributed by atoms with Crippen LogP contribution in [0.2, 0.25) is 0 Å². The van der Waals surface area contributed by atoms with E-state index in [9.17, 15) is 17.6 Å². The van der Waals surface area contributed by atoms with Gasteiger partial charge >= 0.3 is 0 Å². The number of hydrogen-bond acceptors (Lipinski definition) is 6. The van der Waals surface area contributed by atoms with Gasteiger partial charge in [-0.05, 0) is 68.1 Å². The van der Waals surface area contributed by atoms with Crippen LogP contribution < -0.4 is 4.74 Å². The van der Waals surface area contributed by atoms with Crippen molar-refractivity contribution >= 4 is 15.9 Å². The lowest BCUT2D eigenvalue weighted by Gasteiger charge is -2.24. The van der Waals surface area contributed by atoms with Gasteiger partial charge in [-0.15, -0.1) is 0 Å². The summed E-state index contributed by atoms with van der Waals surface area (Å²) in [5.41, 5.74) is 3.50. The lowest BCUT2D eigenvalue weighted by atomic mass is 10.0. The molecule has 2 fully saturated rings. The Morgan fingerprint density at radius 2 is 1.88 bits per heavy atom. The summed E-state index contributed by atoms with van der Waals surface area (Å²) >= 11 is 0. The molecule has 5 rings (SSSR count). The third-order valence-electron chi connectivity index (χ3n) is 7.59. The molecule has 0 saturated carbocycles. The van der Waals surface area contributed by atoms with Crippen LogP contribution in [0.4, 0.5) is 4.39 Å². The highest BCUT2D eigenvalue weighted by Crippen LogP contribution is 2.35. The normalized spacial score (nSPS) is 21.6. The Morgan fingerprint density at radius 1 is 1.07 bits per heavy atom. The molecule has 0 radical (unpaired) electrons. The van der Waals surface area contributed by atoms with Gasteiger partial charge in [0.15, 0.2) is 0 Å². The number of hydrogen-bond donors (Lipinski definition) is 0. The molecule has 212 valence electrons. The van der Waals surface area contributed by atoms with Gasteiger partial charge in [0.1, 0.15) is 23.8 Å². The second kappa shape index (κ2) is 11.6. The Morgan fingerprint density at radius 3 is 2.62 bits per heavy atom. The average molecular weight is 568 g/mol. The van der Waals surface area contributed by atoms with Gasteiger partial charge in [0, 0.05) is 31.5 Å². The second-order valence-corrected chi connectivity index (χ2v) is 12.5. The van der Waals surface area contributed by atoms with Crippen LogP contribution in [0, 0.1) is 19.7 Å². The summed E-state index contributed by atoms with van der Waals surface area (Å²) in [6.45, 7) is 4.81. The van der Waals surface area contributed by atoms with Gasteiger partial charge in [0.05, 0.1) is 30.6 Å². The van der Waals surface area contributed by atoms with Crippen molar-refractivity contribution in [2.24, 2.45) is 0 Å². The summed E-state index contributed by atoms with van der Waals surface area (Å²) in [6, 6.07) is 14.9. The summed E-state index contributed by atoms with van der Waals surface area (Å²) < 4.78 is 54.7. The molecule has 8 nitrogen and oxygen atoms in total. The lowest BCUT2D eigenvalue weighted by Crippen LogP contribution is -2.32. The maximum Gasteiger partial charge on any atom is 0.254 e. The van der Waals surface area contributed by atoms with E-state index >= 15 is 0 Å². The fraction of sp³-hybridized carbons (Fsp3) is 0.400. The fourth-order valence-corrected chi connectivity index (χ4v) is 7.33. The molecule has 3 unspecified atom stereocenters. The van der Waals surface area contributed by atoms with E-state index in [4.69, 9.17) is 9.47 Å². The van der Waals surface area contributed by atoms with Gasteiger partial charge in [-0.1, -0.05) is 23.8 Å². The van der Waals surface area contributed by atoms with Crippen molar-refractivity contribution in [3.05, 3.63) is 94.6 Å². The number of benzene rings is 2. The van der Waals surface area contributed by atoms with E-state index in [2.05, 4.69) is 4.98 Å². The van der Waals surface area contributed by atoms with Crippen molar-refractivity contribution in [2.75, 3.05) is 26.7 Å². The Labute approximate surface area is 234 Å². The molecule has 0 aliphatic carbocycles. The van der Waals surface area contributed by atoms with Crippen molar-refractivity contribution in [1.29, 1.82) is 0 Å². The minimum absolute atomic E-state index is 0.117. The summed E-state index contributed by atoms with van der Waals surface area (Å²) in [4.78, 5) is 19.3. The standard InChI is InChI=1S/C30H34FN3O5S/c1-20-9-10-21(2)25(13-20)30(35)33-17-28(38-3)29(18-33)39-24-15-22(14-23(31)16-24)19-40(36,37)34-12-6-8-27(34)26-7-4-5-11-32-26/h4-5,7,9-11,13-16,27-29H,6,8,12,17-19H2,1-3H3. The van der Waals surface area contributed by atoms with Crippen LogP contribution in [-0.4, -0.2) is 67.5 Å². The highest BCUT2D eigenvalue weighted by molar-refractivity contribution is 7.88. The van der Waals surface area contributed by atoms with E-state index in [-0.39, 0.29) is 35.6 Å². The number of carbonyl (C=O) groups excluding carboxylic acids is 1. The smallest absolute Gasteiger partial charge is 0.254 e. The molecule has 2 aliphatic rings. The zero-order valence-corrected chi connectivity index (χ0v) is 23.7. The number of nitrogens with zero attached hydrogens (tertiary/aromatic N) is 3. The monoisotopic (exact) mass is 567 g/mol. The molecule has 0 bridgehead atoms. The molecule has 1 aromatic heterocycles. The first-order valence-electron chi connectivity index (χ1n) is 13.4. The molecular formula is C30H34FN3O5S. The number of pyridine rings is 1. The first kappa shape index (κ1) is 28.2. The predicted molar refractivity (Wildman–Crippen MR) is 149 cm³/mol. The number of rotatable bonds is 8. The predicted octanol–water partition coefficient (Wildman–Crippen LogP) is 4.42. The molecule has 3 aromatic rings. The molecule has 2 aliphatic heterocycles. The van der Waals surface area contributed by atoms with Gasteiger partial charge in [-0.25, -0.2) is 12.8 Å². The molecule has 0 N–H and O–H groups in total. The molecule has 1 amide bonds. The van der Waals surface area contributed by atoms with Crippen molar-refractivity contribution in [3.63, 3.8) is 0 Å². The number of aromatic nitrogens is 1. The minimum atomic E-state index is -3.75. The molecule has 10 heteroatoms. The molecule has 2 saturated heterocycles. The first-order chi connectivity index (χ1) is 19.1. The van der Waals surface area contributed by atoms with Crippen LogP contribution in [0.25, 0.3) is 0 Å². The van der Waals surface area contributed by atoms with E-state index in [1.165, 1.54) is 16.4 Å². The van der Waals surface area contributed by atoms with Gasteiger partial charge in [0.25, 0.3) is 5.91 Å². The number of likely N-dealkylation sites (tertiary alicyclic amines) is 1. The Hall–Kier alpha value is -3.34. The van der Waals surface area contributed by atoms with Crippen molar-refractivity contribution < 1.29 is 27.1 Å². The Balaban J connectivity index is 1.31. The van der Waals surface area contributed by atoms with E-state index in [0.717, 1.165) is 17.5 Å². The van der Waals surface area contributed by atoms with Gasteiger partial charge in [-0.3, -0.25) is 9.78 Å². The molecule has 40 heavy (non-hydrogen) atoms. The number of carbonyl (C=O) groups is 1. The van der Waals surface area contributed by atoms with Crippen LogP contribution in [0.3, 0.4) is 0 Å². The summed E-state index contributed by atoms with van der Waals surface area (Å²) in [6.07, 6.45) is 2.10. The highest BCUT2D eigenvalue weighted by Gasteiger charge is 2.39. The second-order valence-electron chi connectivity index (χ2n) is 10.5. The maximum absolute atomic E-state index is 14.7. The van der Waals surface area contributed by atoms with Crippen molar-refractivity contribution in [3.8, 4) is 5.75 Å². The molecule has 2 aromatic carbocycles. The quantitative estimate of drug-likeness (QED) is 0.400. The number of amides is 1. The van der Waals surface area contributed by atoms with Gasteiger partial charge < -0.3 is 14.4 Å². The van der Waals surface area contributed by atoms with E-state index in [0.29, 0.717) is 30.8 Å². The van der Waals surface area contributed by atoms with Gasteiger partial charge in [-0.2, -0.15) is 4.31 Å². The average Bonchev–Trinajstić information content (AvgIpc) is 3.58. The van der Waals surface area contributed by atoms with E-state index in [1.807, 2.05) is 44.2 Å². The fourth-order valence-electron chi connectivity index (χ4n) is 5.57. The van der Waals surface area contributed by atoms with E-state index in [1.54, 1.807) is 30.3 Å². The van der Waals surface area contributed by atoms with Crippen LogP contribution in [0.5, 0.6) is 5.75 Å². The SMILES string of the molecule is COC1CN(C(=O)c2cc(C)ccc2C)CC1Oc1cc(F)cc(CS(=O)(=O)N2CCCC2c2ccccn2)c1. The van der Waals surface area contributed by atoms with E-state index < -0.39 is 28.0 Å². The molecule has 3 heterocycles. The number of sulfonamides is 1. The topological polar surface area (TPSA) is 89.0 Å². The summed E-state index contributed by atoms with van der Waals surface area (Å²) in [5, 5.41) is 0. The maximum atomic E-state index is 14.7. The zero-order chi connectivity index (χ0) is 28.4. The number of methoxy groups -OCH3 is 1. The minimum Gasteiger partial charge on any atom is -0.486 e. The largest absolute Gasteiger partial charge is 0.486 e. The zero-order valence-electron chi connectivity index (χ0n) is 22.9. The molecular weight excluding hydrogens is 533 g/mol. The molecule has 0 spiro atoms. The third kappa shape index (κ3) is 6.04. The third-order valence-corrected chi connectivity index (χ3v) is 9.44. The Kier molecular flexibility index (Phi) is 8.21. The first-order valence-corrected chi connectivity index (χ1v) is 15.0. The number of halogens is 1. The van der Waals surface area contributed by atoms with Crippen LogP contribution >= 0.6 is 0 Å². The summed E-state index contributed by atoms with van der Waals surface area (Å²) in [7, 11) is -2.21. The lowest BCUT2D eigenvalue weighted by molar-refractivity contribution is 0.0338. The van der Waals surface area contributed by atoms with Crippen molar-refractivity contribution in [2.45, 2.75) is 50.7 Å². The van der Waals surface area contributed by atoms with Crippen LogP contribution in [0.1, 0.15) is 51.6 Å². The number of aryl methyl sites for hydroxylation is 2.